The molecule has 1 aliphatic rings. The smallest absolute Gasteiger partial charge is 0.0291 e. The van der Waals surface area contributed by atoms with Crippen LogP contribution in [0.2, 0.25) is 0 Å². The van der Waals surface area contributed by atoms with Crippen molar-refractivity contribution in [2.75, 3.05) is 6.54 Å². The van der Waals surface area contributed by atoms with E-state index in [9.17, 15) is 0 Å². The van der Waals surface area contributed by atoms with Crippen molar-refractivity contribution in [3.63, 3.8) is 0 Å². The van der Waals surface area contributed by atoms with Gasteiger partial charge in [0.2, 0.25) is 0 Å². The molecule has 1 nitrogen and oxygen atoms in total. The van der Waals surface area contributed by atoms with Gasteiger partial charge in [0, 0.05) is 6.04 Å². The van der Waals surface area contributed by atoms with E-state index in [-0.39, 0.29) is 0 Å². The van der Waals surface area contributed by atoms with Crippen LogP contribution in [-0.4, -0.2) is 6.54 Å². The first-order valence-corrected chi connectivity index (χ1v) is 7.45. The summed E-state index contributed by atoms with van der Waals surface area (Å²) in [5, 5.41) is 3.71. The Hall–Kier alpha value is -0.820. The topological polar surface area (TPSA) is 12.0 Å². The highest BCUT2D eigenvalue weighted by Crippen LogP contribution is 2.28. The third-order valence-electron chi connectivity index (χ3n) is 4.34. The van der Waals surface area contributed by atoms with Crippen LogP contribution in [-0.2, 0) is 0 Å². The number of hydrogen-bond acceptors (Lipinski definition) is 1. The first-order chi connectivity index (χ1) is 8.65. The monoisotopic (exact) mass is 245 g/mol. The molecule has 1 aliphatic carbocycles. The Morgan fingerprint density at radius 3 is 2.61 bits per heavy atom. The highest BCUT2D eigenvalue weighted by Gasteiger charge is 2.19. The molecule has 1 heteroatoms. The van der Waals surface area contributed by atoms with Crippen LogP contribution in [0, 0.1) is 18.8 Å². The average Bonchev–Trinajstić information content (AvgIpc) is 2.37. The fraction of sp³-hybridized carbons (Fsp3) is 0.647. The fourth-order valence-corrected chi connectivity index (χ4v) is 3.06. The van der Waals surface area contributed by atoms with Gasteiger partial charge in [-0.3, -0.25) is 0 Å². The van der Waals surface area contributed by atoms with E-state index in [1.807, 2.05) is 0 Å². The van der Waals surface area contributed by atoms with Gasteiger partial charge in [0.15, 0.2) is 0 Å². The number of benzene rings is 1. The lowest BCUT2D eigenvalue weighted by molar-refractivity contribution is 0.268. The van der Waals surface area contributed by atoms with Crippen LogP contribution in [0.4, 0.5) is 0 Å². The van der Waals surface area contributed by atoms with Gasteiger partial charge in [-0.15, -0.1) is 0 Å². The van der Waals surface area contributed by atoms with Crippen molar-refractivity contribution < 1.29 is 0 Å². The van der Waals surface area contributed by atoms with Crippen LogP contribution >= 0.6 is 0 Å². The molecule has 0 heterocycles. The van der Waals surface area contributed by atoms with E-state index in [1.165, 1.54) is 43.4 Å². The van der Waals surface area contributed by atoms with Gasteiger partial charge in [0.25, 0.3) is 0 Å². The third kappa shape index (κ3) is 3.84. The Morgan fingerprint density at radius 2 is 1.94 bits per heavy atom. The predicted octanol–water partition coefficient (Wildman–Crippen LogP) is 4.47. The molecule has 0 spiro atoms. The molecule has 1 fully saturated rings. The van der Waals surface area contributed by atoms with E-state index in [0.29, 0.717) is 6.04 Å². The molecule has 2 rings (SSSR count). The number of hydrogen-bond donors (Lipinski definition) is 1. The lowest BCUT2D eigenvalue weighted by Gasteiger charge is -2.28. The Bertz CT molecular complexity index is 354. The molecule has 0 aromatic heterocycles. The molecule has 1 aromatic carbocycles. The van der Waals surface area contributed by atoms with E-state index in [4.69, 9.17) is 0 Å². The summed E-state index contributed by atoms with van der Waals surface area (Å²) in [5.74, 6) is 1.82. The van der Waals surface area contributed by atoms with Crippen LogP contribution < -0.4 is 5.32 Å². The van der Waals surface area contributed by atoms with Gasteiger partial charge in [0.1, 0.15) is 0 Å². The molecule has 100 valence electrons. The van der Waals surface area contributed by atoms with E-state index in [1.54, 1.807) is 0 Å². The maximum atomic E-state index is 3.71. The van der Waals surface area contributed by atoms with Gasteiger partial charge in [-0.05, 0) is 50.6 Å². The standard InChI is InChI=1S/C17H27N/c1-13-7-9-17(10-8-13)15(3)18-12-16-6-4-5-14(2)11-16/h7-10,14-16,18H,4-6,11-12H2,1-3H3/t14?,15-,16?/m1/s1. The summed E-state index contributed by atoms with van der Waals surface area (Å²) in [6.45, 7) is 8.00. The van der Waals surface area contributed by atoms with Crippen LogP contribution in [0.3, 0.4) is 0 Å². The fourth-order valence-electron chi connectivity index (χ4n) is 3.06. The van der Waals surface area contributed by atoms with Gasteiger partial charge >= 0.3 is 0 Å². The van der Waals surface area contributed by atoms with Crippen LogP contribution in [0.15, 0.2) is 24.3 Å². The second-order valence-electron chi connectivity index (χ2n) is 6.18. The minimum absolute atomic E-state index is 0.475. The summed E-state index contributed by atoms with van der Waals surface area (Å²) < 4.78 is 0. The zero-order valence-corrected chi connectivity index (χ0v) is 12.1. The summed E-state index contributed by atoms with van der Waals surface area (Å²) >= 11 is 0. The lowest BCUT2D eigenvalue weighted by atomic mass is 9.82. The number of aryl methyl sites for hydroxylation is 1. The molecule has 1 aromatic rings. The summed E-state index contributed by atoms with van der Waals surface area (Å²) in [7, 11) is 0. The highest BCUT2D eigenvalue weighted by atomic mass is 14.9. The van der Waals surface area contributed by atoms with Crippen LogP contribution in [0.25, 0.3) is 0 Å². The summed E-state index contributed by atoms with van der Waals surface area (Å²) in [6.07, 6.45) is 5.68. The summed E-state index contributed by atoms with van der Waals surface area (Å²) in [4.78, 5) is 0. The van der Waals surface area contributed by atoms with Gasteiger partial charge < -0.3 is 5.32 Å². The predicted molar refractivity (Wildman–Crippen MR) is 78.7 cm³/mol. The van der Waals surface area contributed by atoms with Crippen LogP contribution in [0.5, 0.6) is 0 Å². The van der Waals surface area contributed by atoms with Crippen molar-refractivity contribution in [3.8, 4) is 0 Å². The van der Waals surface area contributed by atoms with Gasteiger partial charge in [-0.1, -0.05) is 49.6 Å². The van der Waals surface area contributed by atoms with Crippen molar-refractivity contribution in [1.82, 2.24) is 5.32 Å². The maximum Gasteiger partial charge on any atom is 0.0291 e. The third-order valence-corrected chi connectivity index (χ3v) is 4.34. The quantitative estimate of drug-likeness (QED) is 0.825. The molecule has 0 radical (unpaired) electrons. The molecule has 1 N–H and O–H groups in total. The SMILES string of the molecule is Cc1ccc([C@@H](C)NCC2CCCC(C)C2)cc1. The van der Waals surface area contributed by atoms with Gasteiger partial charge in [0.05, 0.1) is 0 Å². The van der Waals surface area contributed by atoms with Crippen molar-refractivity contribution in [2.24, 2.45) is 11.8 Å². The van der Waals surface area contributed by atoms with Crippen molar-refractivity contribution in [3.05, 3.63) is 35.4 Å². The van der Waals surface area contributed by atoms with Crippen molar-refractivity contribution >= 4 is 0 Å². The lowest BCUT2D eigenvalue weighted by Crippen LogP contribution is -2.28. The van der Waals surface area contributed by atoms with Gasteiger partial charge in [-0.2, -0.15) is 0 Å². The highest BCUT2D eigenvalue weighted by molar-refractivity contribution is 5.23. The Kier molecular flexibility index (Phi) is 4.82. The zero-order chi connectivity index (χ0) is 13.0. The van der Waals surface area contributed by atoms with E-state index < -0.39 is 0 Å². The summed E-state index contributed by atoms with van der Waals surface area (Å²) in [6, 6.07) is 9.38. The maximum absolute atomic E-state index is 3.71. The van der Waals surface area contributed by atoms with Gasteiger partial charge in [-0.25, -0.2) is 0 Å². The minimum Gasteiger partial charge on any atom is -0.310 e. The largest absolute Gasteiger partial charge is 0.310 e. The Morgan fingerprint density at radius 1 is 1.22 bits per heavy atom. The normalized spacial score (nSPS) is 25.9. The second kappa shape index (κ2) is 6.38. The average molecular weight is 245 g/mol. The second-order valence-corrected chi connectivity index (χ2v) is 6.18. The van der Waals surface area contributed by atoms with Crippen molar-refractivity contribution in [1.29, 1.82) is 0 Å². The Labute approximate surface area is 112 Å². The minimum atomic E-state index is 0.475. The number of rotatable bonds is 4. The molecule has 0 bridgehead atoms. The Balaban J connectivity index is 1.80. The van der Waals surface area contributed by atoms with Crippen LogP contribution in [0.1, 0.15) is 56.7 Å². The van der Waals surface area contributed by atoms with E-state index >= 15 is 0 Å². The molecule has 0 aliphatic heterocycles. The molecule has 1 saturated carbocycles. The molecular weight excluding hydrogens is 218 g/mol. The molecule has 0 amide bonds. The first kappa shape index (κ1) is 13.6. The molecular formula is C17H27N. The molecule has 2 unspecified atom stereocenters. The van der Waals surface area contributed by atoms with E-state index in [0.717, 1.165) is 11.8 Å². The first-order valence-electron chi connectivity index (χ1n) is 7.45. The van der Waals surface area contributed by atoms with E-state index in [2.05, 4.69) is 50.4 Å². The molecule has 3 atom stereocenters. The molecule has 18 heavy (non-hydrogen) atoms. The molecule has 0 saturated heterocycles. The summed E-state index contributed by atoms with van der Waals surface area (Å²) in [5.41, 5.74) is 2.75. The zero-order valence-electron chi connectivity index (χ0n) is 12.1. The number of nitrogens with one attached hydrogen (secondary N) is 1. The van der Waals surface area contributed by atoms with Crippen molar-refractivity contribution in [2.45, 2.75) is 52.5 Å².